The second-order valence-corrected chi connectivity index (χ2v) is 8.20. The molecule has 6 heteroatoms. The molecule has 5 nitrogen and oxygen atoms in total. The quantitative estimate of drug-likeness (QED) is 0.598. The van der Waals surface area contributed by atoms with Crippen molar-refractivity contribution >= 4 is 23.4 Å². The van der Waals surface area contributed by atoms with Gasteiger partial charge in [-0.2, -0.15) is 0 Å². The third-order valence-electron chi connectivity index (χ3n) is 4.78. The monoisotopic (exact) mass is 430 g/mol. The van der Waals surface area contributed by atoms with Gasteiger partial charge in [0.05, 0.1) is 0 Å². The molecule has 0 aromatic heterocycles. The molecule has 162 valence electrons. The van der Waals surface area contributed by atoms with Crippen LogP contribution in [0.15, 0.2) is 48.5 Å². The van der Waals surface area contributed by atoms with Crippen LogP contribution >= 0.6 is 11.6 Å². The van der Waals surface area contributed by atoms with Crippen molar-refractivity contribution in [2.45, 2.75) is 46.7 Å². The van der Waals surface area contributed by atoms with Crippen LogP contribution in [0.4, 0.5) is 0 Å². The smallest absolute Gasteiger partial charge is 0.261 e. The lowest BCUT2D eigenvalue weighted by molar-refractivity contribution is -0.143. The molecule has 0 heterocycles. The summed E-state index contributed by atoms with van der Waals surface area (Å²) in [5.74, 6) is 0.606. The zero-order valence-electron chi connectivity index (χ0n) is 18.2. The van der Waals surface area contributed by atoms with Gasteiger partial charge in [0.25, 0.3) is 5.91 Å². The number of benzene rings is 2. The van der Waals surface area contributed by atoms with Gasteiger partial charge in [0.1, 0.15) is 11.8 Å². The van der Waals surface area contributed by atoms with Gasteiger partial charge in [0.15, 0.2) is 6.61 Å². The number of halogens is 1. The molecule has 0 aliphatic carbocycles. The molecule has 0 aliphatic rings. The van der Waals surface area contributed by atoms with Gasteiger partial charge in [-0.05, 0) is 48.6 Å². The van der Waals surface area contributed by atoms with Crippen LogP contribution in [0.2, 0.25) is 5.02 Å². The van der Waals surface area contributed by atoms with Gasteiger partial charge in [0, 0.05) is 18.1 Å². The Kier molecular flexibility index (Phi) is 9.18. The zero-order chi connectivity index (χ0) is 22.1. The van der Waals surface area contributed by atoms with Gasteiger partial charge >= 0.3 is 0 Å². The van der Waals surface area contributed by atoms with E-state index in [2.05, 4.69) is 5.32 Å². The highest BCUT2D eigenvalue weighted by Gasteiger charge is 2.29. The molecule has 0 fully saturated rings. The highest BCUT2D eigenvalue weighted by Crippen LogP contribution is 2.18. The SMILES string of the molecule is CC[C@H](C(=O)NCC(C)C)N(Cc1ccc(Cl)cc1)C(=O)COc1ccccc1C. The summed E-state index contributed by atoms with van der Waals surface area (Å²) >= 11 is 5.99. The third kappa shape index (κ3) is 7.06. The molecule has 0 saturated carbocycles. The summed E-state index contributed by atoms with van der Waals surface area (Å²) in [4.78, 5) is 27.6. The van der Waals surface area contributed by atoms with Gasteiger partial charge < -0.3 is 15.0 Å². The standard InChI is InChI=1S/C24H31ClN2O3/c1-5-21(24(29)26-14-17(2)3)27(15-19-10-12-20(25)13-11-19)23(28)16-30-22-9-7-6-8-18(22)4/h6-13,17,21H,5,14-16H2,1-4H3,(H,26,29)/t21-/m1/s1. The number of aryl methyl sites for hydroxylation is 1. The predicted molar refractivity (Wildman–Crippen MR) is 121 cm³/mol. The van der Waals surface area contributed by atoms with Crippen LogP contribution < -0.4 is 10.1 Å². The zero-order valence-corrected chi connectivity index (χ0v) is 18.9. The Hall–Kier alpha value is -2.53. The summed E-state index contributed by atoms with van der Waals surface area (Å²) in [7, 11) is 0. The number of rotatable bonds is 10. The third-order valence-corrected chi connectivity index (χ3v) is 5.03. The molecule has 0 unspecified atom stereocenters. The molecule has 30 heavy (non-hydrogen) atoms. The lowest BCUT2D eigenvalue weighted by Gasteiger charge is -2.31. The van der Waals surface area contributed by atoms with Crippen LogP contribution in [0, 0.1) is 12.8 Å². The molecule has 0 aliphatic heterocycles. The highest BCUT2D eigenvalue weighted by atomic mass is 35.5. The molecule has 2 aromatic carbocycles. The molecule has 0 saturated heterocycles. The van der Waals surface area contributed by atoms with Crippen molar-refractivity contribution in [1.29, 1.82) is 0 Å². The van der Waals surface area contributed by atoms with Gasteiger partial charge in [-0.15, -0.1) is 0 Å². The Morgan fingerprint density at radius 2 is 1.77 bits per heavy atom. The summed E-state index contributed by atoms with van der Waals surface area (Å²) < 4.78 is 5.76. The summed E-state index contributed by atoms with van der Waals surface area (Å²) in [6.07, 6.45) is 0.508. The minimum Gasteiger partial charge on any atom is -0.484 e. The van der Waals surface area contributed by atoms with Gasteiger partial charge in [-0.1, -0.05) is 62.7 Å². The lowest BCUT2D eigenvalue weighted by atomic mass is 10.1. The van der Waals surface area contributed by atoms with Crippen molar-refractivity contribution in [3.05, 3.63) is 64.7 Å². The highest BCUT2D eigenvalue weighted by molar-refractivity contribution is 6.30. The first-order valence-corrected chi connectivity index (χ1v) is 10.7. The van der Waals surface area contributed by atoms with E-state index in [1.807, 2.05) is 64.1 Å². The van der Waals surface area contributed by atoms with E-state index in [-0.39, 0.29) is 18.4 Å². The van der Waals surface area contributed by atoms with Crippen molar-refractivity contribution in [3.8, 4) is 5.75 Å². The van der Waals surface area contributed by atoms with E-state index in [0.717, 1.165) is 11.1 Å². The maximum absolute atomic E-state index is 13.1. The van der Waals surface area contributed by atoms with Gasteiger partial charge in [-0.3, -0.25) is 9.59 Å². The average molecular weight is 431 g/mol. The van der Waals surface area contributed by atoms with E-state index in [9.17, 15) is 9.59 Å². The van der Waals surface area contributed by atoms with Crippen molar-refractivity contribution in [3.63, 3.8) is 0 Å². The minimum atomic E-state index is -0.576. The second kappa shape index (κ2) is 11.6. The van der Waals surface area contributed by atoms with Crippen LogP contribution in [0.1, 0.15) is 38.3 Å². The maximum atomic E-state index is 13.1. The summed E-state index contributed by atoms with van der Waals surface area (Å²) in [5.41, 5.74) is 1.86. The number of carbonyl (C=O) groups excluding carboxylic acids is 2. The number of carbonyl (C=O) groups is 2. The molecule has 1 atom stereocenters. The Morgan fingerprint density at radius 3 is 2.37 bits per heavy atom. The fraction of sp³-hybridized carbons (Fsp3) is 0.417. The van der Waals surface area contributed by atoms with Crippen molar-refractivity contribution in [2.24, 2.45) is 5.92 Å². The number of ether oxygens (including phenoxy) is 1. The largest absolute Gasteiger partial charge is 0.484 e. The van der Waals surface area contributed by atoms with Crippen LogP contribution in [0.5, 0.6) is 5.75 Å². The van der Waals surface area contributed by atoms with Crippen molar-refractivity contribution < 1.29 is 14.3 Å². The Balaban J connectivity index is 2.19. The second-order valence-electron chi connectivity index (χ2n) is 7.77. The molecule has 1 N–H and O–H groups in total. The molecule has 2 aromatic rings. The van der Waals surface area contributed by atoms with E-state index in [0.29, 0.717) is 36.2 Å². The van der Waals surface area contributed by atoms with E-state index < -0.39 is 6.04 Å². The minimum absolute atomic E-state index is 0.133. The first kappa shape index (κ1) is 23.7. The molecule has 0 spiro atoms. The topological polar surface area (TPSA) is 58.6 Å². The first-order chi connectivity index (χ1) is 14.3. The van der Waals surface area contributed by atoms with Crippen LogP contribution in [-0.4, -0.2) is 35.9 Å². The molecule has 0 bridgehead atoms. The normalized spacial score (nSPS) is 11.8. The Bertz CT molecular complexity index is 837. The lowest BCUT2D eigenvalue weighted by Crippen LogP contribution is -2.50. The van der Waals surface area contributed by atoms with E-state index in [1.165, 1.54) is 0 Å². The molecule has 0 radical (unpaired) electrons. The molecule has 2 rings (SSSR count). The van der Waals surface area contributed by atoms with Crippen molar-refractivity contribution in [1.82, 2.24) is 10.2 Å². The van der Waals surface area contributed by atoms with Crippen molar-refractivity contribution in [2.75, 3.05) is 13.2 Å². The van der Waals surface area contributed by atoms with Gasteiger partial charge in [0.2, 0.25) is 5.91 Å². The summed E-state index contributed by atoms with van der Waals surface area (Å²) in [5, 5.41) is 3.58. The number of hydrogen-bond donors (Lipinski definition) is 1. The van der Waals surface area contributed by atoms with Crippen LogP contribution in [-0.2, 0) is 16.1 Å². The van der Waals surface area contributed by atoms with E-state index in [1.54, 1.807) is 17.0 Å². The van der Waals surface area contributed by atoms with Crippen LogP contribution in [0.3, 0.4) is 0 Å². The number of amides is 2. The Morgan fingerprint density at radius 1 is 1.10 bits per heavy atom. The summed E-state index contributed by atoms with van der Waals surface area (Å²) in [6, 6.07) is 14.3. The fourth-order valence-corrected chi connectivity index (χ4v) is 3.20. The molecular weight excluding hydrogens is 400 g/mol. The van der Waals surface area contributed by atoms with E-state index >= 15 is 0 Å². The molecule has 2 amide bonds. The number of para-hydroxylation sites is 1. The van der Waals surface area contributed by atoms with Crippen LogP contribution in [0.25, 0.3) is 0 Å². The van der Waals surface area contributed by atoms with E-state index in [4.69, 9.17) is 16.3 Å². The van der Waals surface area contributed by atoms with Gasteiger partial charge in [-0.25, -0.2) is 0 Å². The predicted octanol–water partition coefficient (Wildman–Crippen LogP) is 4.61. The average Bonchev–Trinajstić information content (AvgIpc) is 2.72. The first-order valence-electron chi connectivity index (χ1n) is 10.3. The number of nitrogens with one attached hydrogen (secondary N) is 1. The number of nitrogens with zero attached hydrogens (tertiary/aromatic N) is 1. The maximum Gasteiger partial charge on any atom is 0.261 e. The summed E-state index contributed by atoms with van der Waals surface area (Å²) in [6.45, 7) is 8.65. The Labute approximate surface area is 184 Å². The number of hydrogen-bond acceptors (Lipinski definition) is 3. The fourth-order valence-electron chi connectivity index (χ4n) is 3.07. The molecular formula is C24H31ClN2O3.